The van der Waals surface area contributed by atoms with Gasteiger partial charge in [0, 0.05) is 6.20 Å². The van der Waals surface area contributed by atoms with E-state index in [-0.39, 0.29) is 17.2 Å². The first-order chi connectivity index (χ1) is 12.7. The molecule has 0 saturated carbocycles. The minimum atomic E-state index is -4.49. The van der Waals surface area contributed by atoms with Crippen LogP contribution in [0.25, 0.3) is 5.69 Å². The summed E-state index contributed by atoms with van der Waals surface area (Å²) in [5.41, 5.74) is 7.90. The standard InChI is InChI=1S/C18H16F3N5O/c1-10-4-3-5-11(2)15(10)26-16(22)13(9-24-26)17(27)25-14-7-6-12(8-23-14)18(19,20)21/h3-9H,22H2,1-2H3,(H,23,25,27). The molecule has 0 atom stereocenters. The van der Waals surface area contributed by atoms with Crippen molar-refractivity contribution < 1.29 is 18.0 Å². The number of aryl methyl sites for hydroxylation is 2. The zero-order valence-electron chi connectivity index (χ0n) is 14.5. The number of nitrogens with zero attached hydrogens (tertiary/aromatic N) is 3. The van der Waals surface area contributed by atoms with E-state index in [1.807, 2.05) is 32.0 Å². The number of rotatable bonds is 3. The van der Waals surface area contributed by atoms with Crippen LogP contribution >= 0.6 is 0 Å². The first kappa shape index (κ1) is 18.4. The van der Waals surface area contributed by atoms with Gasteiger partial charge in [0.15, 0.2) is 0 Å². The van der Waals surface area contributed by atoms with Gasteiger partial charge in [0.1, 0.15) is 17.2 Å². The van der Waals surface area contributed by atoms with E-state index in [4.69, 9.17) is 5.73 Å². The number of benzene rings is 1. The van der Waals surface area contributed by atoms with E-state index in [2.05, 4.69) is 15.4 Å². The number of hydrogen-bond donors (Lipinski definition) is 2. The van der Waals surface area contributed by atoms with E-state index in [1.165, 1.54) is 10.9 Å². The summed E-state index contributed by atoms with van der Waals surface area (Å²) >= 11 is 0. The fraction of sp³-hybridized carbons (Fsp3) is 0.167. The number of aromatic nitrogens is 3. The highest BCUT2D eigenvalue weighted by molar-refractivity contribution is 6.06. The Hall–Kier alpha value is -3.36. The van der Waals surface area contributed by atoms with Crippen molar-refractivity contribution in [1.82, 2.24) is 14.8 Å². The van der Waals surface area contributed by atoms with Crippen molar-refractivity contribution in [3.63, 3.8) is 0 Å². The molecule has 1 amide bonds. The van der Waals surface area contributed by atoms with Gasteiger partial charge in [-0.2, -0.15) is 18.3 Å². The minimum absolute atomic E-state index is 0.0211. The van der Waals surface area contributed by atoms with E-state index in [9.17, 15) is 18.0 Å². The van der Waals surface area contributed by atoms with Crippen LogP contribution in [0.4, 0.5) is 24.8 Å². The van der Waals surface area contributed by atoms with Crippen LogP contribution in [0.5, 0.6) is 0 Å². The molecule has 6 nitrogen and oxygen atoms in total. The molecule has 0 fully saturated rings. The Labute approximate surface area is 152 Å². The van der Waals surface area contributed by atoms with Crippen LogP contribution in [0.15, 0.2) is 42.7 Å². The predicted octanol–water partition coefficient (Wildman–Crippen LogP) is 3.74. The lowest BCUT2D eigenvalue weighted by molar-refractivity contribution is -0.137. The van der Waals surface area contributed by atoms with Crippen molar-refractivity contribution in [2.24, 2.45) is 0 Å². The summed E-state index contributed by atoms with van der Waals surface area (Å²) in [5, 5.41) is 6.60. The molecule has 0 aliphatic heterocycles. The lowest BCUT2D eigenvalue weighted by Crippen LogP contribution is -2.15. The molecule has 27 heavy (non-hydrogen) atoms. The largest absolute Gasteiger partial charge is 0.417 e. The third kappa shape index (κ3) is 3.62. The van der Waals surface area contributed by atoms with Crippen LogP contribution in [-0.4, -0.2) is 20.7 Å². The van der Waals surface area contributed by atoms with Crippen molar-refractivity contribution in [3.05, 3.63) is 65.0 Å². The molecule has 2 aromatic heterocycles. The first-order valence-corrected chi connectivity index (χ1v) is 7.93. The van der Waals surface area contributed by atoms with Gasteiger partial charge in [-0.25, -0.2) is 9.67 Å². The van der Waals surface area contributed by atoms with Crippen LogP contribution in [-0.2, 0) is 6.18 Å². The maximum absolute atomic E-state index is 12.6. The first-order valence-electron chi connectivity index (χ1n) is 7.93. The number of carbonyl (C=O) groups excluding carboxylic acids is 1. The van der Waals surface area contributed by atoms with Gasteiger partial charge in [-0.1, -0.05) is 18.2 Å². The summed E-state index contributed by atoms with van der Waals surface area (Å²) < 4.78 is 39.2. The maximum atomic E-state index is 12.6. The van der Waals surface area contributed by atoms with Crippen LogP contribution in [0.2, 0.25) is 0 Å². The molecule has 0 radical (unpaired) electrons. The normalized spacial score (nSPS) is 11.4. The summed E-state index contributed by atoms with van der Waals surface area (Å²) in [6.07, 6.45) is -2.54. The SMILES string of the molecule is Cc1cccc(C)c1-n1ncc(C(=O)Nc2ccc(C(F)(F)F)cn2)c1N. The predicted molar refractivity (Wildman–Crippen MR) is 94.6 cm³/mol. The van der Waals surface area contributed by atoms with Gasteiger partial charge < -0.3 is 11.1 Å². The van der Waals surface area contributed by atoms with Crippen LogP contribution in [0, 0.1) is 13.8 Å². The number of alkyl halides is 3. The van der Waals surface area contributed by atoms with E-state index in [0.29, 0.717) is 6.20 Å². The fourth-order valence-electron chi connectivity index (χ4n) is 2.67. The summed E-state index contributed by atoms with van der Waals surface area (Å²) in [6, 6.07) is 7.61. The number of amides is 1. The Kier molecular flexibility index (Phi) is 4.61. The summed E-state index contributed by atoms with van der Waals surface area (Å²) in [6.45, 7) is 3.80. The van der Waals surface area contributed by atoms with E-state index < -0.39 is 17.6 Å². The molecule has 3 N–H and O–H groups in total. The molecule has 0 spiro atoms. The molecule has 0 aliphatic carbocycles. The number of nitrogens with one attached hydrogen (secondary N) is 1. The number of halogens is 3. The second kappa shape index (κ2) is 6.75. The minimum Gasteiger partial charge on any atom is -0.383 e. The van der Waals surface area contributed by atoms with Crippen molar-refractivity contribution in [1.29, 1.82) is 0 Å². The van der Waals surface area contributed by atoms with Gasteiger partial charge in [-0.05, 0) is 37.1 Å². The van der Waals surface area contributed by atoms with Gasteiger partial charge >= 0.3 is 6.18 Å². The van der Waals surface area contributed by atoms with Crippen molar-refractivity contribution in [2.75, 3.05) is 11.1 Å². The molecular weight excluding hydrogens is 359 g/mol. The quantitative estimate of drug-likeness (QED) is 0.730. The van der Waals surface area contributed by atoms with Crippen molar-refractivity contribution in [3.8, 4) is 5.69 Å². The summed E-state index contributed by atoms with van der Waals surface area (Å²) in [7, 11) is 0. The van der Waals surface area contributed by atoms with E-state index in [1.54, 1.807) is 0 Å². The molecule has 0 aliphatic rings. The number of para-hydroxylation sites is 1. The third-order valence-corrected chi connectivity index (χ3v) is 4.03. The van der Waals surface area contributed by atoms with Crippen molar-refractivity contribution >= 4 is 17.5 Å². The van der Waals surface area contributed by atoms with Crippen LogP contribution < -0.4 is 11.1 Å². The van der Waals surface area contributed by atoms with Crippen LogP contribution in [0.1, 0.15) is 27.0 Å². The lowest BCUT2D eigenvalue weighted by Gasteiger charge is -2.11. The summed E-state index contributed by atoms with van der Waals surface area (Å²) in [4.78, 5) is 16.0. The molecule has 3 aromatic rings. The van der Waals surface area contributed by atoms with Gasteiger partial charge in [-0.3, -0.25) is 4.79 Å². The maximum Gasteiger partial charge on any atom is 0.417 e. The Morgan fingerprint density at radius 3 is 2.33 bits per heavy atom. The second-order valence-corrected chi connectivity index (χ2v) is 5.98. The number of carbonyl (C=O) groups is 1. The average molecular weight is 375 g/mol. The average Bonchev–Trinajstić information content (AvgIpc) is 2.96. The molecular formula is C18H16F3N5O. The number of anilines is 2. The molecule has 3 rings (SSSR count). The number of hydrogen-bond acceptors (Lipinski definition) is 4. The Balaban J connectivity index is 1.86. The smallest absolute Gasteiger partial charge is 0.383 e. The van der Waals surface area contributed by atoms with E-state index >= 15 is 0 Å². The van der Waals surface area contributed by atoms with Gasteiger partial charge in [0.25, 0.3) is 5.91 Å². The highest BCUT2D eigenvalue weighted by Crippen LogP contribution is 2.29. The second-order valence-electron chi connectivity index (χ2n) is 5.98. The fourth-order valence-corrected chi connectivity index (χ4v) is 2.67. The molecule has 0 saturated heterocycles. The van der Waals surface area contributed by atoms with Crippen molar-refractivity contribution in [2.45, 2.75) is 20.0 Å². The highest BCUT2D eigenvalue weighted by atomic mass is 19.4. The van der Waals surface area contributed by atoms with Crippen LogP contribution in [0.3, 0.4) is 0 Å². The molecule has 2 heterocycles. The molecule has 1 aromatic carbocycles. The zero-order valence-corrected chi connectivity index (χ0v) is 14.5. The van der Waals surface area contributed by atoms with Gasteiger partial charge in [0.2, 0.25) is 0 Å². The number of nitrogen functional groups attached to an aromatic ring is 1. The zero-order chi connectivity index (χ0) is 19.8. The number of pyridine rings is 1. The third-order valence-electron chi connectivity index (χ3n) is 4.03. The molecule has 0 bridgehead atoms. The lowest BCUT2D eigenvalue weighted by atomic mass is 10.1. The molecule has 140 valence electrons. The van der Waals surface area contributed by atoms with Gasteiger partial charge in [0.05, 0.1) is 17.4 Å². The molecule has 0 unspecified atom stereocenters. The van der Waals surface area contributed by atoms with Gasteiger partial charge in [-0.15, -0.1) is 0 Å². The summed E-state index contributed by atoms with van der Waals surface area (Å²) in [5.74, 6) is -0.513. The molecule has 9 heteroatoms. The topological polar surface area (TPSA) is 85.8 Å². The Morgan fingerprint density at radius 1 is 1.11 bits per heavy atom. The highest BCUT2D eigenvalue weighted by Gasteiger charge is 2.30. The van der Waals surface area contributed by atoms with E-state index in [0.717, 1.165) is 28.9 Å². The Morgan fingerprint density at radius 2 is 1.78 bits per heavy atom. The Bertz CT molecular complexity index is 973. The number of nitrogens with two attached hydrogens (primary N) is 1. The monoisotopic (exact) mass is 375 g/mol.